The Labute approximate surface area is 103 Å². The molecule has 92 valence electrons. The maximum absolute atomic E-state index is 10.7. The lowest BCUT2D eigenvalue weighted by Crippen LogP contribution is -2.31. The van der Waals surface area contributed by atoms with Gasteiger partial charge in [0, 0.05) is 26.6 Å². The minimum Gasteiger partial charge on any atom is -0.355 e. The van der Waals surface area contributed by atoms with E-state index in [1.807, 2.05) is 25.3 Å². The Hall–Kier alpha value is -1.61. The molecular weight excluding hydrogens is 212 g/mol. The van der Waals surface area contributed by atoms with Crippen molar-refractivity contribution in [1.82, 2.24) is 10.2 Å². The van der Waals surface area contributed by atoms with Gasteiger partial charge in [-0.05, 0) is 18.2 Å². The van der Waals surface area contributed by atoms with E-state index in [4.69, 9.17) is 0 Å². The van der Waals surface area contributed by atoms with E-state index in [0.29, 0.717) is 6.54 Å². The summed E-state index contributed by atoms with van der Waals surface area (Å²) in [5.74, 6) is 0.0184. The molecule has 0 aromatic heterocycles. The summed E-state index contributed by atoms with van der Waals surface area (Å²) in [5.41, 5.74) is 2.42. The molecule has 0 bridgehead atoms. The van der Waals surface area contributed by atoms with Crippen molar-refractivity contribution < 1.29 is 4.79 Å². The number of nitrogens with one attached hydrogen (secondary N) is 1. The Balaban J connectivity index is 2.47. The van der Waals surface area contributed by atoms with Crippen LogP contribution in [0.2, 0.25) is 0 Å². The van der Waals surface area contributed by atoms with Crippen molar-refractivity contribution in [3.05, 3.63) is 42.0 Å². The largest absolute Gasteiger partial charge is 0.355 e. The van der Waals surface area contributed by atoms with E-state index < -0.39 is 0 Å². The maximum atomic E-state index is 10.7. The topological polar surface area (TPSA) is 32.3 Å². The van der Waals surface area contributed by atoms with Crippen molar-refractivity contribution in [2.24, 2.45) is 0 Å². The fourth-order valence-corrected chi connectivity index (χ4v) is 1.67. The van der Waals surface area contributed by atoms with Crippen LogP contribution in [0.1, 0.15) is 18.1 Å². The monoisotopic (exact) mass is 232 g/mol. The van der Waals surface area contributed by atoms with Crippen LogP contribution in [0.3, 0.4) is 0 Å². The number of hydrogen-bond donors (Lipinski definition) is 1. The zero-order valence-electron chi connectivity index (χ0n) is 10.6. The number of likely N-dealkylation sites (N-methyl/N-ethyl adjacent to an activating group) is 1. The predicted octanol–water partition coefficient (Wildman–Crippen LogP) is 1.90. The smallest absolute Gasteiger partial charge is 0.216 e. The van der Waals surface area contributed by atoms with Crippen molar-refractivity contribution in [3.8, 4) is 0 Å². The zero-order valence-corrected chi connectivity index (χ0v) is 10.6. The van der Waals surface area contributed by atoms with Gasteiger partial charge in [-0.1, -0.05) is 36.9 Å². The van der Waals surface area contributed by atoms with Crippen molar-refractivity contribution in [2.45, 2.75) is 13.5 Å². The summed E-state index contributed by atoms with van der Waals surface area (Å²) in [6, 6.07) is 8.21. The summed E-state index contributed by atoms with van der Waals surface area (Å²) >= 11 is 0. The maximum Gasteiger partial charge on any atom is 0.216 e. The minimum absolute atomic E-state index is 0.0184. The average molecular weight is 232 g/mol. The molecule has 1 N–H and O–H groups in total. The molecule has 1 amide bonds. The number of amides is 1. The Bertz CT molecular complexity index is 388. The first-order chi connectivity index (χ1) is 8.13. The molecule has 0 aliphatic rings. The highest BCUT2D eigenvalue weighted by Crippen LogP contribution is 2.11. The summed E-state index contributed by atoms with van der Waals surface area (Å²) in [6.07, 6.45) is 1.87. The number of carbonyl (C=O) groups is 1. The van der Waals surface area contributed by atoms with Gasteiger partial charge in [0.2, 0.25) is 5.91 Å². The van der Waals surface area contributed by atoms with Gasteiger partial charge in [0.25, 0.3) is 0 Å². The SMILES string of the molecule is C=Cc1ccccc1CN(C)CCNC(C)=O. The summed E-state index contributed by atoms with van der Waals surface area (Å²) < 4.78 is 0. The average Bonchev–Trinajstić information content (AvgIpc) is 2.29. The van der Waals surface area contributed by atoms with Crippen LogP contribution in [0, 0.1) is 0 Å². The molecule has 0 radical (unpaired) electrons. The van der Waals surface area contributed by atoms with E-state index in [0.717, 1.165) is 13.1 Å². The Morgan fingerprint density at radius 3 is 2.82 bits per heavy atom. The molecule has 0 aliphatic heterocycles. The molecule has 0 fully saturated rings. The van der Waals surface area contributed by atoms with E-state index in [1.165, 1.54) is 18.1 Å². The van der Waals surface area contributed by atoms with Gasteiger partial charge in [-0.15, -0.1) is 0 Å². The highest BCUT2D eigenvalue weighted by atomic mass is 16.1. The van der Waals surface area contributed by atoms with E-state index in [1.54, 1.807) is 0 Å². The summed E-state index contributed by atoms with van der Waals surface area (Å²) in [5, 5.41) is 2.79. The van der Waals surface area contributed by atoms with Gasteiger partial charge >= 0.3 is 0 Å². The fourth-order valence-electron chi connectivity index (χ4n) is 1.67. The molecule has 1 aromatic rings. The first-order valence-electron chi connectivity index (χ1n) is 5.77. The second-order valence-electron chi connectivity index (χ2n) is 4.12. The van der Waals surface area contributed by atoms with Crippen molar-refractivity contribution in [2.75, 3.05) is 20.1 Å². The van der Waals surface area contributed by atoms with Crippen molar-refractivity contribution >= 4 is 12.0 Å². The predicted molar refractivity (Wildman–Crippen MR) is 71.6 cm³/mol. The Kier molecular flexibility index (Phi) is 5.43. The van der Waals surface area contributed by atoms with Gasteiger partial charge in [0.1, 0.15) is 0 Å². The number of rotatable bonds is 6. The van der Waals surface area contributed by atoms with Gasteiger partial charge in [-0.3, -0.25) is 4.79 Å². The van der Waals surface area contributed by atoms with Gasteiger partial charge < -0.3 is 10.2 Å². The highest BCUT2D eigenvalue weighted by molar-refractivity contribution is 5.72. The zero-order chi connectivity index (χ0) is 12.7. The molecule has 1 rings (SSSR count). The van der Waals surface area contributed by atoms with Crippen LogP contribution in [-0.4, -0.2) is 30.9 Å². The van der Waals surface area contributed by atoms with E-state index in [-0.39, 0.29) is 5.91 Å². The second-order valence-corrected chi connectivity index (χ2v) is 4.12. The van der Waals surface area contributed by atoms with Crippen LogP contribution in [0.4, 0.5) is 0 Å². The third kappa shape index (κ3) is 4.83. The lowest BCUT2D eigenvalue weighted by molar-refractivity contribution is -0.119. The molecule has 0 aliphatic carbocycles. The lowest BCUT2D eigenvalue weighted by atomic mass is 10.1. The molecular formula is C14H20N2O. The van der Waals surface area contributed by atoms with Gasteiger partial charge in [0.15, 0.2) is 0 Å². The van der Waals surface area contributed by atoms with Crippen LogP contribution in [0.5, 0.6) is 0 Å². The minimum atomic E-state index is 0.0184. The van der Waals surface area contributed by atoms with E-state index in [2.05, 4.69) is 28.9 Å². The molecule has 1 aromatic carbocycles. The number of hydrogen-bond acceptors (Lipinski definition) is 2. The van der Waals surface area contributed by atoms with Gasteiger partial charge in [-0.25, -0.2) is 0 Å². The summed E-state index contributed by atoms with van der Waals surface area (Å²) in [4.78, 5) is 12.9. The first kappa shape index (κ1) is 13.5. The highest BCUT2D eigenvalue weighted by Gasteiger charge is 2.03. The standard InChI is InChI=1S/C14H20N2O/c1-4-13-7-5-6-8-14(13)11-16(3)10-9-15-12(2)17/h4-8H,1,9-11H2,2-3H3,(H,15,17). The van der Waals surface area contributed by atoms with Crippen LogP contribution < -0.4 is 5.32 Å². The molecule has 3 heteroatoms. The van der Waals surface area contributed by atoms with Gasteiger partial charge in [-0.2, -0.15) is 0 Å². The molecule has 0 heterocycles. The second kappa shape index (κ2) is 6.86. The normalized spacial score (nSPS) is 10.3. The Morgan fingerprint density at radius 2 is 2.18 bits per heavy atom. The lowest BCUT2D eigenvalue weighted by Gasteiger charge is -2.18. The van der Waals surface area contributed by atoms with Crippen LogP contribution in [0.15, 0.2) is 30.8 Å². The van der Waals surface area contributed by atoms with E-state index in [9.17, 15) is 4.79 Å². The first-order valence-corrected chi connectivity index (χ1v) is 5.77. The van der Waals surface area contributed by atoms with E-state index >= 15 is 0 Å². The Morgan fingerprint density at radius 1 is 1.47 bits per heavy atom. The summed E-state index contributed by atoms with van der Waals surface area (Å²) in [6.45, 7) is 7.73. The molecule has 0 atom stereocenters. The number of benzene rings is 1. The van der Waals surface area contributed by atoms with Crippen molar-refractivity contribution in [1.29, 1.82) is 0 Å². The van der Waals surface area contributed by atoms with Crippen LogP contribution >= 0.6 is 0 Å². The number of carbonyl (C=O) groups excluding carboxylic acids is 1. The molecule has 0 saturated heterocycles. The quantitative estimate of drug-likeness (QED) is 0.812. The molecule has 17 heavy (non-hydrogen) atoms. The van der Waals surface area contributed by atoms with Crippen LogP contribution in [-0.2, 0) is 11.3 Å². The van der Waals surface area contributed by atoms with Crippen LogP contribution in [0.25, 0.3) is 6.08 Å². The molecule has 0 saturated carbocycles. The molecule has 0 unspecified atom stereocenters. The number of nitrogens with zero attached hydrogens (tertiary/aromatic N) is 1. The molecule has 3 nitrogen and oxygen atoms in total. The van der Waals surface area contributed by atoms with Crippen molar-refractivity contribution in [3.63, 3.8) is 0 Å². The third-order valence-electron chi connectivity index (χ3n) is 2.58. The molecule has 0 spiro atoms. The summed E-state index contributed by atoms with van der Waals surface area (Å²) in [7, 11) is 2.04. The van der Waals surface area contributed by atoms with Gasteiger partial charge in [0.05, 0.1) is 0 Å². The fraction of sp³-hybridized carbons (Fsp3) is 0.357. The third-order valence-corrected chi connectivity index (χ3v) is 2.58.